The number of benzene rings is 2. The van der Waals surface area contributed by atoms with Crippen LogP contribution in [-0.2, 0) is 0 Å². The number of methoxy groups -OCH3 is 1. The van der Waals surface area contributed by atoms with Gasteiger partial charge in [0, 0.05) is 11.7 Å². The predicted molar refractivity (Wildman–Crippen MR) is 126 cm³/mol. The van der Waals surface area contributed by atoms with Gasteiger partial charge in [0.25, 0.3) is 5.91 Å². The average Bonchev–Trinajstić information content (AvgIpc) is 2.80. The number of fused-ring (bicyclic) bond motifs is 1. The monoisotopic (exact) mass is 424 g/mol. The predicted octanol–water partition coefficient (Wildman–Crippen LogP) is 6.41. The van der Waals surface area contributed by atoms with E-state index < -0.39 is 0 Å². The molecule has 0 spiro atoms. The van der Waals surface area contributed by atoms with Crippen molar-refractivity contribution in [2.75, 3.05) is 19.0 Å². The van der Waals surface area contributed by atoms with Crippen LogP contribution in [0.2, 0.25) is 0 Å². The standard InChI is InChI=1S/C26H36N2O3/c1-5-7-8-9-12-17-31-23-16-15-20(18-24(23)30-4)25-27-22-14-11-10-13-21(22)26(29)28(25)19(3)6-2/h10-11,13-16,18-19,25,27H,5-9,12,17H2,1-4H3. The number of hydrogen-bond donors (Lipinski definition) is 1. The topological polar surface area (TPSA) is 50.8 Å². The number of nitrogens with one attached hydrogen (secondary N) is 1. The molecule has 3 rings (SSSR count). The number of rotatable bonds is 11. The Morgan fingerprint density at radius 2 is 1.81 bits per heavy atom. The fraction of sp³-hybridized carbons (Fsp3) is 0.500. The van der Waals surface area contributed by atoms with Crippen molar-refractivity contribution in [1.29, 1.82) is 0 Å². The zero-order chi connectivity index (χ0) is 22.2. The van der Waals surface area contributed by atoms with E-state index in [1.807, 2.05) is 47.4 Å². The van der Waals surface area contributed by atoms with Crippen LogP contribution in [0.1, 0.15) is 81.4 Å². The summed E-state index contributed by atoms with van der Waals surface area (Å²) in [5.41, 5.74) is 2.56. The van der Waals surface area contributed by atoms with Crippen LogP contribution >= 0.6 is 0 Å². The fourth-order valence-corrected chi connectivity index (χ4v) is 4.03. The molecule has 0 fully saturated rings. The lowest BCUT2D eigenvalue weighted by Gasteiger charge is -2.41. The van der Waals surface area contributed by atoms with E-state index in [9.17, 15) is 4.79 Å². The largest absolute Gasteiger partial charge is 0.493 e. The molecule has 1 aliphatic heterocycles. The summed E-state index contributed by atoms with van der Waals surface area (Å²) in [4.78, 5) is 15.2. The third-order valence-corrected chi connectivity index (χ3v) is 6.04. The maximum Gasteiger partial charge on any atom is 0.258 e. The molecule has 0 saturated carbocycles. The number of carbonyl (C=O) groups excluding carboxylic acids is 1. The molecule has 0 aromatic heterocycles. The van der Waals surface area contributed by atoms with Crippen LogP contribution in [0, 0.1) is 0 Å². The Bertz CT molecular complexity index is 867. The van der Waals surface area contributed by atoms with Gasteiger partial charge in [0.15, 0.2) is 11.5 Å². The number of para-hydroxylation sites is 1. The second kappa shape index (κ2) is 11.1. The molecular weight excluding hydrogens is 388 g/mol. The Labute approximate surface area is 186 Å². The molecule has 31 heavy (non-hydrogen) atoms. The van der Waals surface area contributed by atoms with Crippen LogP contribution in [0.15, 0.2) is 42.5 Å². The van der Waals surface area contributed by atoms with Crippen molar-refractivity contribution in [3.05, 3.63) is 53.6 Å². The molecule has 2 atom stereocenters. The molecule has 1 aliphatic rings. The van der Waals surface area contributed by atoms with Crippen LogP contribution < -0.4 is 14.8 Å². The number of unbranched alkanes of at least 4 members (excludes halogenated alkanes) is 4. The number of ether oxygens (including phenoxy) is 2. The first-order valence-corrected chi connectivity index (χ1v) is 11.6. The van der Waals surface area contributed by atoms with Crippen LogP contribution in [0.25, 0.3) is 0 Å². The molecule has 0 saturated heterocycles. The van der Waals surface area contributed by atoms with Crippen molar-refractivity contribution in [1.82, 2.24) is 4.90 Å². The lowest BCUT2D eigenvalue weighted by Crippen LogP contribution is -2.47. The summed E-state index contributed by atoms with van der Waals surface area (Å²) < 4.78 is 11.6. The highest BCUT2D eigenvalue weighted by Gasteiger charge is 2.35. The van der Waals surface area contributed by atoms with Crippen LogP contribution in [0.3, 0.4) is 0 Å². The molecule has 168 valence electrons. The smallest absolute Gasteiger partial charge is 0.258 e. The zero-order valence-electron chi connectivity index (χ0n) is 19.3. The highest BCUT2D eigenvalue weighted by Crippen LogP contribution is 2.38. The molecule has 0 aliphatic carbocycles. The van der Waals surface area contributed by atoms with E-state index in [0.717, 1.165) is 29.8 Å². The van der Waals surface area contributed by atoms with E-state index >= 15 is 0 Å². The first-order chi connectivity index (χ1) is 15.1. The van der Waals surface area contributed by atoms with Gasteiger partial charge in [0.2, 0.25) is 0 Å². The van der Waals surface area contributed by atoms with E-state index in [0.29, 0.717) is 17.9 Å². The summed E-state index contributed by atoms with van der Waals surface area (Å²) in [7, 11) is 1.66. The van der Waals surface area contributed by atoms with Gasteiger partial charge in [-0.05, 0) is 49.6 Å². The number of amides is 1. The van der Waals surface area contributed by atoms with E-state index in [4.69, 9.17) is 9.47 Å². The fourth-order valence-electron chi connectivity index (χ4n) is 4.03. The van der Waals surface area contributed by atoms with E-state index in [1.165, 1.54) is 25.7 Å². The van der Waals surface area contributed by atoms with Gasteiger partial charge >= 0.3 is 0 Å². The summed E-state index contributed by atoms with van der Waals surface area (Å²) in [6, 6.07) is 13.8. The van der Waals surface area contributed by atoms with Gasteiger partial charge in [-0.3, -0.25) is 4.79 Å². The summed E-state index contributed by atoms with van der Waals surface area (Å²) in [5, 5.41) is 3.56. The first kappa shape index (κ1) is 23.0. The Hall–Kier alpha value is -2.69. The van der Waals surface area contributed by atoms with Gasteiger partial charge in [-0.15, -0.1) is 0 Å². The minimum absolute atomic E-state index is 0.0556. The number of hydrogen-bond acceptors (Lipinski definition) is 4. The molecule has 1 amide bonds. The maximum atomic E-state index is 13.3. The molecular formula is C26H36N2O3. The summed E-state index contributed by atoms with van der Waals surface area (Å²) in [6.45, 7) is 7.10. The molecule has 0 radical (unpaired) electrons. The summed E-state index contributed by atoms with van der Waals surface area (Å²) in [5.74, 6) is 1.50. The third kappa shape index (κ3) is 5.33. The normalized spacial score (nSPS) is 16.5. The van der Waals surface area contributed by atoms with Gasteiger partial charge in [-0.2, -0.15) is 0 Å². The molecule has 2 aromatic rings. The van der Waals surface area contributed by atoms with E-state index in [-0.39, 0.29) is 18.1 Å². The van der Waals surface area contributed by atoms with Gasteiger partial charge in [-0.1, -0.05) is 57.7 Å². The van der Waals surface area contributed by atoms with Crippen molar-refractivity contribution in [2.45, 2.75) is 71.5 Å². The van der Waals surface area contributed by atoms with Gasteiger partial charge in [-0.25, -0.2) is 0 Å². The summed E-state index contributed by atoms with van der Waals surface area (Å²) >= 11 is 0. The molecule has 0 bridgehead atoms. The second-order valence-corrected chi connectivity index (χ2v) is 8.24. The minimum atomic E-state index is -0.255. The van der Waals surface area contributed by atoms with Gasteiger partial charge in [0.1, 0.15) is 6.17 Å². The van der Waals surface area contributed by atoms with Crippen LogP contribution in [-0.4, -0.2) is 30.6 Å². The van der Waals surface area contributed by atoms with E-state index in [2.05, 4.69) is 26.1 Å². The Morgan fingerprint density at radius 1 is 1.03 bits per heavy atom. The SMILES string of the molecule is CCCCCCCOc1ccc(C2Nc3ccccc3C(=O)N2C(C)CC)cc1OC. The van der Waals surface area contributed by atoms with Crippen molar-refractivity contribution in [2.24, 2.45) is 0 Å². The highest BCUT2D eigenvalue weighted by molar-refractivity contribution is 6.01. The molecule has 2 aromatic carbocycles. The molecule has 1 N–H and O–H groups in total. The average molecular weight is 425 g/mol. The van der Waals surface area contributed by atoms with Crippen LogP contribution in [0.4, 0.5) is 5.69 Å². The lowest BCUT2D eigenvalue weighted by molar-refractivity contribution is 0.0593. The Kier molecular flexibility index (Phi) is 8.21. The second-order valence-electron chi connectivity index (χ2n) is 8.24. The quantitative estimate of drug-likeness (QED) is 0.424. The molecule has 5 heteroatoms. The highest BCUT2D eigenvalue weighted by atomic mass is 16.5. The number of anilines is 1. The van der Waals surface area contributed by atoms with E-state index in [1.54, 1.807) is 7.11 Å². The van der Waals surface area contributed by atoms with Gasteiger partial charge in [0.05, 0.1) is 19.3 Å². The summed E-state index contributed by atoms with van der Waals surface area (Å²) in [6.07, 6.45) is 6.63. The van der Waals surface area contributed by atoms with Crippen LogP contribution in [0.5, 0.6) is 11.5 Å². The molecule has 1 heterocycles. The minimum Gasteiger partial charge on any atom is -0.493 e. The van der Waals surface area contributed by atoms with Crippen molar-refractivity contribution >= 4 is 11.6 Å². The third-order valence-electron chi connectivity index (χ3n) is 6.04. The maximum absolute atomic E-state index is 13.3. The molecule has 5 nitrogen and oxygen atoms in total. The lowest BCUT2D eigenvalue weighted by atomic mass is 10.0. The number of nitrogens with zero attached hydrogens (tertiary/aromatic N) is 1. The zero-order valence-corrected chi connectivity index (χ0v) is 19.3. The first-order valence-electron chi connectivity index (χ1n) is 11.6. The Morgan fingerprint density at radius 3 is 2.55 bits per heavy atom. The van der Waals surface area contributed by atoms with Crippen molar-refractivity contribution < 1.29 is 14.3 Å². The Balaban J connectivity index is 1.80. The molecule has 2 unspecified atom stereocenters. The van der Waals surface area contributed by atoms with Crippen molar-refractivity contribution in [3.8, 4) is 11.5 Å². The van der Waals surface area contributed by atoms with Gasteiger partial charge < -0.3 is 19.7 Å². The van der Waals surface area contributed by atoms with Crippen molar-refractivity contribution in [3.63, 3.8) is 0 Å². The number of carbonyl (C=O) groups is 1.